The number of carbonyl (C=O) groups is 1. The van der Waals surface area contributed by atoms with Crippen molar-refractivity contribution in [2.75, 3.05) is 0 Å². The maximum Gasteiger partial charge on any atom is 0.277 e. The van der Waals surface area contributed by atoms with E-state index in [1.165, 1.54) is 4.68 Å². The summed E-state index contributed by atoms with van der Waals surface area (Å²) in [6.07, 6.45) is 0.772. The number of aromatic amines is 1. The highest BCUT2D eigenvalue weighted by Gasteiger charge is 2.21. The summed E-state index contributed by atoms with van der Waals surface area (Å²) in [5.74, 6) is 0.829. The normalized spacial score (nSPS) is 12.5. The van der Waals surface area contributed by atoms with E-state index >= 15 is 0 Å². The molecule has 2 heterocycles. The van der Waals surface area contributed by atoms with Gasteiger partial charge in [0, 0.05) is 13.0 Å². The molecule has 0 saturated heterocycles. The Kier molecular flexibility index (Phi) is 5.56. The number of fused-ring (bicyclic) bond motifs is 2. The van der Waals surface area contributed by atoms with E-state index < -0.39 is 0 Å². The minimum atomic E-state index is -0.215. The van der Waals surface area contributed by atoms with Crippen LogP contribution >= 0.6 is 0 Å². The zero-order valence-corrected chi connectivity index (χ0v) is 17.0. The molecule has 4 rings (SSSR count). The van der Waals surface area contributed by atoms with E-state index in [9.17, 15) is 9.59 Å². The molecule has 154 valence electrons. The summed E-state index contributed by atoms with van der Waals surface area (Å²) >= 11 is 0. The molecule has 8 nitrogen and oxygen atoms in total. The van der Waals surface area contributed by atoms with Gasteiger partial charge in [0.2, 0.25) is 5.91 Å². The van der Waals surface area contributed by atoms with Gasteiger partial charge in [0.15, 0.2) is 0 Å². The van der Waals surface area contributed by atoms with E-state index in [1.54, 1.807) is 18.2 Å². The third-order valence-electron chi connectivity index (χ3n) is 5.09. The van der Waals surface area contributed by atoms with Gasteiger partial charge in [-0.3, -0.25) is 9.59 Å². The molecule has 0 spiro atoms. The second kappa shape index (κ2) is 8.44. The van der Waals surface area contributed by atoms with Gasteiger partial charge in [-0.05, 0) is 36.6 Å². The first-order valence-corrected chi connectivity index (χ1v) is 10.1. The number of para-hydroxylation sites is 2. The van der Waals surface area contributed by atoms with Crippen molar-refractivity contribution in [2.45, 2.75) is 39.3 Å². The second-order valence-corrected chi connectivity index (χ2v) is 7.67. The van der Waals surface area contributed by atoms with Crippen LogP contribution in [-0.2, 0) is 11.3 Å². The summed E-state index contributed by atoms with van der Waals surface area (Å²) < 4.78 is 1.31. The maximum atomic E-state index is 12.6. The molecule has 8 heteroatoms. The number of nitrogens with zero attached hydrogens (tertiary/aromatic N) is 4. The molecule has 2 aromatic heterocycles. The number of aryl methyl sites for hydroxylation is 1. The first-order valence-electron chi connectivity index (χ1n) is 10.1. The number of carbonyl (C=O) groups excluding carboxylic acids is 1. The third kappa shape index (κ3) is 4.07. The Labute approximate surface area is 173 Å². The zero-order chi connectivity index (χ0) is 21.1. The highest BCUT2D eigenvalue weighted by molar-refractivity contribution is 5.78. The summed E-state index contributed by atoms with van der Waals surface area (Å²) in [7, 11) is 0. The van der Waals surface area contributed by atoms with Crippen LogP contribution in [0.4, 0.5) is 0 Å². The number of H-pyrrole nitrogens is 1. The van der Waals surface area contributed by atoms with Crippen molar-refractivity contribution < 1.29 is 4.79 Å². The molecule has 0 aliphatic carbocycles. The van der Waals surface area contributed by atoms with E-state index in [1.807, 2.05) is 44.2 Å². The van der Waals surface area contributed by atoms with Gasteiger partial charge in [-0.15, -0.1) is 5.10 Å². The van der Waals surface area contributed by atoms with E-state index in [-0.39, 0.29) is 29.8 Å². The van der Waals surface area contributed by atoms with Crippen molar-refractivity contribution in [2.24, 2.45) is 5.92 Å². The second-order valence-electron chi connectivity index (χ2n) is 7.67. The predicted octanol–water partition coefficient (Wildman–Crippen LogP) is 2.96. The first kappa shape index (κ1) is 19.8. The summed E-state index contributed by atoms with van der Waals surface area (Å²) in [5.41, 5.74) is 2.20. The smallest absolute Gasteiger partial charge is 0.277 e. The van der Waals surface area contributed by atoms with Crippen LogP contribution in [0.1, 0.15) is 38.6 Å². The number of nitrogens with one attached hydrogen (secondary N) is 2. The van der Waals surface area contributed by atoms with Crippen molar-refractivity contribution >= 4 is 27.8 Å². The minimum Gasteiger partial charge on any atom is -0.346 e. The molecule has 0 radical (unpaired) electrons. The molecular weight excluding hydrogens is 380 g/mol. The average molecular weight is 404 g/mol. The predicted molar refractivity (Wildman–Crippen MR) is 115 cm³/mol. The number of hydrogen-bond donors (Lipinski definition) is 2. The quantitative estimate of drug-likeness (QED) is 0.493. The Bertz CT molecular complexity index is 1210. The van der Waals surface area contributed by atoms with E-state index in [2.05, 4.69) is 25.6 Å². The monoisotopic (exact) mass is 404 g/mol. The largest absolute Gasteiger partial charge is 0.346 e. The van der Waals surface area contributed by atoms with Crippen LogP contribution in [-0.4, -0.2) is 30.9 Å². The molecule has 30 heavy (non-hydrogen) atoms. The summed E-state index contributed by atoms with van der Waals surface area (Å²) in [6.45, 7) is 4.42. The highest BCUT2D eigenvalue weighted by atomic mass is 16.1. The van der Waals surface area contributed by atoms with Crippen LogP contribution in [0.3, 0.4) is 0 Å². The van der Waals surface area contributed by atoms with Crippen LogP contribution in [0.25, 0.3) is 21.9 Å². The SMILES string of the molecule is CC(C)[C@H](NC(=O)CCCn1nnc2ccccc2c1=O)c1nc2ccccc2[nH]1. The van der Waals surface area contributed by atoms with Crippen molar-refractivity contribution in [1.82, 2.24) is 30.3 Å². The highest BCUT2D eigenvalue weighted by Crippen LogP contribution is 2.22. The van der Waals surface area contributed by atoms with Gasteiger partial charge >= 0.3 is 0 Å². The lowest BCUT2D eigenvalue weighted by atomic mass is 10.0. The fourth-order valence-electron chi connectivity index (χ4n) is 3.48. The lowest BCUT2D eigenvalue weighted by molar-refractivity contribution is -0.122. The maximum absolute atomic E-state index is 12.6. The molecule has 0 aliphatic heterocycles. The van der Waals surface area contributed by atoms with Crippen LogP contribution in [0.15, 0.2) is 53.3 Å². The number of benzene rings is 2. The van der Waals surface area contributed by atoms with Gasteiger partial charge in [0.1, 0.15) is 11.3 Å². The number of rotatable bonds is 7. The molecule has 1 atom stereocenters. The van der Waals surface area contributed by atoms with Crippen LogP contribution in [0.5, 0.6) is 0 Å². The average Bonchev–Trinajstić information content (AvgIpc) is 3.17. The Hall–Kier alpha value is -3.55. The van der Waals surface area contributed by atoms with E-state index in [0.717, 1.165) is 16.9 Å². The molecule has 0 bridgehead atoms. The van der Waals surface area contributed by atoms with Gasteiger partial charge in [-0.2, -0.15) is 0 Å². The Morgan fingerprint density at radius 3 is 2.60 bits per heavy atom. The van der Waals surface area contributed by atoms with Crippen molar-refractivity contribution in [3.63, 3.8) is 0 Å². The Morgan fingerprint density at radius 2 is 1.83 bits per heavy atom. The molecule has 0 saturated carbocycles. The molecule has 0 fully saturated rings. The first-order chi connectivity index (χ1) is 14.5. The van der Waals surface area contributed by atoms with Crippen LogP contribution < -0.4 is 10.9 Å². The number of hydrogen-bond acceptors (Lipinski definition) is 5. The van der Waals surface area contributed by atoms with Gasteiger partial charge in [0.05, 0.1) is 22.5 Å². The summed E-state index contributed by atoms with van der Waals surface area (Å²) in [5, 5.41) is 11.6. The number of aromatic nitrogens is 5. The molecule has 0 aliphatic rings. The number of amides is 1. The fourth-order valence-corrected chi connectivity index (χ4v) is 3.48. The van der Waals surface area contributed by atoms with Crippen molar-refractivity contribution in [3.8, 4) is 0 Å². The topological polar surface area (TPSA) is 106 Å². The molecule has 0 unspecified atom stereocenters. The van der Waals surface area contributed by atoms with E-state index in [4.69, 9.17) is 0 Å². The van der Waals surface area contributed by atoms with Crippen LogP contribution in [0, 0.1) is 5.92 Å². The Balaban J connectivity index is 1.40. The lowest BCUT2D eigenvalue weighted by Gasteiger charge is -2.20. The van der Waals surface area contributed by atoms with Crippen LogP contribution in [0.2, 0.25) is 0 Å². The van der Waals surface area contributed by atoms with Crippen molar-refractivity contribution in [3.05, 3.63) is 64.7 Å². The minimum absolute atomic E-state index is 0.0871. The lowest BCUT2D eigenvalue weighted by Crippen LogP contribution is -2.33. The zero-order valence-electron chi connectivity index (χ0n) is 17.0. The summed E-state index contributed by atoms with van der Waals surface area (Å²) in [4.78, 5) is 33.0. The van der Waals surface area contributed by atoms with Gasteiger partial charge in [-0.1, -0.05) is 43.3 Å². The summed E-state index contributed by atoms with van der Waals surface area (Å²) in [6, 6.07) is 14.7. The van der Waals surface area contributed by atoms with Gasteiger partial charge in [0.25, 0.3) is 5.56 Å². The van der Waals surface area contributed by atoms with E-state index in [0.29, 0.717) is 23.9 Å². The molecule has 2 N–H and O–H groups in total. The standard InChI is InChI=1S/C22H24N6O2/c1-14(2)20(21-23-17-10-5-6-11-18(17)24-21)25-19(29)12-7-13-28-22(30)15-8-3-4-9-16(15)26-27-28/h3-6,8-11,14,20H,7,12-13H2,1-2H3,(H,23,24)(H,25,29)/t20-/m0/s1. The Morgan fingerprint density at radius 1 is 1.10 bits per heavy atom. The van der Waals surface area contributed by atoms with Gasteiger partial charge < -0.3 is 10.3 Å². The molecule has 4 aromatic rings. The third-order valence-corrected chi connectivity index (χ3v) is 5.09. The number of imidazole rings is 1. The molecular formula is C22H24N6O2. The molecule has 2 aromatic carbocycles. The molecule has 1 amide bonds. The van der Waals surface area contributed by atoms with Gasteiger partial charge in [-0.25, -0.2) is 9.67 Å². The fraction of sp³-hybridized carbons (Fsp3) is 0.318. The van der Waals surface area contributed by atoms with Crippen molar-refractivity contribution in [1.29, 1.82) is 0 Å².